The van der Waals surface area contributed by atoms with Crippen molar-refractivity contribution in [3.63, 3.8) is 0 Å². The lowest BCUT2D eigenvalue weighted by Gasteiger charge is -2.01. The minimum absolute atomic E-state index is 0.0932. The molecule has 3 rings (SSSR count). The molecule has 0 aliphatic carbocycles. The molecule has 0 spiro atoms. The molecule has 5 heteroatoms. The highest BCUT2D eigenvalue weighted by Crippen LogP contribution is 2.22. The second-order valence-electron chi connectivity index (χ2n) is 4.88. The number of fused-ring (bicyclic) bond motifs is 1. The minimum Gasteiger partial charge on any atom is -0.361 e. The van der Waals surface area contributed by atoms with E-state index in [1.165, 1.54) is 28.4 Å². The van der Waals surface area contributed by atoms with Gasteiger partial charge in [-0.05, 0) is 36.3 Å². The van der Waals surface area contributed by atoms with E-state index >= 15 is 0 Å². The number of hydrogen-bond acceptors (Lipinski definition) is 2. The zero-order valence-corrected chi connectivity index (χ0v) is 13.4. The second kappa shape index (κ2) is 6.81. The molecule has 0 atom stereocenters. The molecule has 0 aliphatic heterocycles. The fourth-order valence-electron chi connectivity index (χ4n) is 2.29. The normalized spacial score (nSPS) is 11.3. The number of nitrogens with one attached hydrogen (secondary N) is 2. The van der Waals surface area contributed by atoms with Crippen molar-refractivity contribution in [3.8, 4) is 0 Å². The summed E-state index contributed by atoms with van der Waals surface area (Å²) in [6.07, 6.45) is 6.11. The van der Waals surface area contributed by atoms with Gasteiger partial charge in [0.1, 0.15) is 0 Å². The monoisotopic (exact) mass is 330 g/mol. The lowest BCUT2D eigenvalue weighted by molar-refractivity contribution is -0.116. The number of carbonyl (C=O) groups excluding carboxylic acids is 1. The van der Waals surface area contributed by atoms with Crippen LogP contribution in [-0.4, -0.2) is 17.4 Å². The van der Waals surface area contributed by atoms with Gasteiger partial charge in [-0.1, -0.05) is 29.8 Å². The van der Waals surface area contributed by atoms with E-state index in [0.717, 1.165) is 21.2 Å². The Kier molecular flexibility index (Phi) is 4.61. The summed E-state index contributed by atoms with van der Waals surface area (Å²) < 4.78 is 0.722. The first-order valence-corrected chi connectivity index (χ1v) is 8.18. The maximum absolute atomic E-state index is 11.8. The molecule has 0 unspecified atom stereocenters. The van der Waals surface area contributed by atoms with Crippen LogP contribution in [0.15, 0.2) is 48.7 Å². The molecule has 3 nitrogen and oxygen atoms in total. The maximum Gasteiger partial charge on any atom is 0.244 e. The average molecular weight is 331 g/mol. The SMILES string of the molecule is O=C(/C=C/c1ccc(Cl)s1)NCCc1c[nH]c2ccccc12. The molecule has 3 aromatic rings. The number of para-hydroxylation sites is 1. The van der Waals surface area contributed by atoms with Gasteiger partial charge in [-0.3, -0.25) is 4.79 Å². The van der Waals surface area contributed by atoms with Gasteiger partial charge in [0.15, 0.2) is 0 Å². The molecule has 0 saturated carbocycles. The number of H-pyrrole nitrogens is 1. The van der Waals surface area contributed by atoms with Crippen LogP contribution < -0.4 is 5.32 Å². The van der Waals surface area contributed by atoms with Crippen LogP contribution in [0.1, 0.15) is 10.4 Å². The van der Waals surface area contributed by atoms with E-state index in [4.69, 9.17) is 11.6 Å². The summed E-state index contributed by atoms with van der Waals surface area (Å²) in [6, 6.07) is 11.9. The largest absolute Gasteiger partial charge is 0.361 e. The first kappa shape index (κ1) is 14.9. The smallest absolute Gasteiger partial charge is 0.244 e. The van der Waals surface area contributed by atoms with Crippen molar-refractivity contribution < 1.29 is 4.79 Å². The fourth-order valence-corrected chi connectivity index (χ4v) is 3.26. The Hall–Kier alpha value is -2.04. The summed E-state index contributed by atoms with van der Waals surface area (Å²) in [5.74, 6) is -0.0932. The van der Waals surface area contributed by atoms with Gasteiger partial charge in [0, 0.05) is 34.6 Å². The van der Waals surface area contributed by atoms with E-state index in [0.29, 0.717) is 6.54 Å². The van der Waals surface area contributed by atoms with Gasteiger partial charge in [0.05, 0.1) is 4.34 Å². The number of thiophene rings is 1. The Balaban J connectivity index is 1.52. The third-order valence-electron chi connectivity index (χ3n) is 3.36. The summed E-state index contributed by atoms with van der Waals surface area (Å²) in [4.78, 5) is 16.0. The Labute approximate surface area is 137 Å². The molecule has 0 radical (unpaired) electrons. The number of halogens is 1. The summed E-state index contributed by atoms with van der Waals surface area (Å²) in [5.41, 5.74) is 2.34. The van der Waals surface area contributed by atoms with E-state index in [-0.39, 0.29) is 5.91 Å². The van der Waals surface area contributed by atoms with Crippen LogP contribution in [-0.2, 0) is 11.2 Å². The molecule has 0 bridgehead atoms. The Morgan fingerprint density at radius 1 is 1.27 bits per heavy atom. The Morgan fingerprint density at radius 2 is 2.14 bits per heavy atom. The van der Waals surface area contributed by atoms with Gasteiger partial charge in [0.2, 0.25) is 5.91 Å². The highest BCUT2D eigenvalue weighted by atomic mass is 35.5. The van der Waals surface area contributed by atoms with Crippen molar-refractivity contribution in [3.05, 3.63) is 63.4 Å². The van der Waals surface area contributed by atoms with E-state index in [2.05, 4.69) is 16.4 Å². The summed E-state index contributed by atoms with van der Waals surface area (Å²) in [6.45, 7) is 0.607. The van der Waals surface area contributed by atoms with E-state index in [1.807, 2.05) is 36.5 Å². The van der Waals surface area contributed by atoms with Crippen molar-refractivity contribution in [2.75, 3.05) is 6.54 Å². The number of amides is 1. The molecule has 1 amide bonds. The minimum atomic E-state index is -0.0932. The van der Waals surface area contributed by atoms with Gasteiger partial charge in [-0.15, -0.1) is 11.3 Å². The third kappa shape index (κ3) is 3.59. The predicted octanol–water partition coefficient (Wildman–Crippen LogP) is 4.25. The van der Waals surface area contributed by atoms with Crippen LogP contribution >= 0.6 is 22.9 Å². The quantitative estimate of drug-likeness (QED) is 0.675. The van der Waals surface area contributed by atoms with Crippen LogP contribution in [0.2, 0.25) is 4.34 Å². The maximum atomic E-state index is 11.8. The number of benzene rings is 1. The van der Waals surface area contributed by atoms with Crippen molar-refractivity contribution >= 4 is 45.8 Å². The lowest BCUT2D eigenvalue weighted by Crippen LogP contribution is -2.23. The lowest BCUT2D eigenvalue weighted by atomic mass is 10.1. The zero-order valence-electron chi connectivity index (χ0n) is 11.8. The molecule has 1 aromatic carbocycles. The van der Waals surface area contributed by atoms with Crippen LogP contribution in [0.3, 0.4) is 0 Å². The van der Waals surface area contributed by atoms with Gasteiger partial charge < -0.3 is 10.3 Å². The van der Waals surface area contributed by atoms with Crippen LogP contribution in [0.25, 0.3) is 17.0 Å². The van der Waals surface area contributed by atoms with Gasteiger partial charge in [0.25, 0.3) is 0 Å². The topological polar surface area (TPSA) is 44.9 Å². The number of aromatic amines is 1. The predicted molar refractivity (Wildman–Crippen MR) is 93.4 cm³/mol. The van der Waals surface area contributed by atoms with Gasteiger partial charge in [-0.25, -0.2) is 0 Å². The van der Waals surface area contributed by atoms with Crippen molar-refractivity contribution in [1.82, 2.24) is 10.3 Å². The first-order valence-electron chi connectivity index (χ1n) is 6.98. The number of rotatable bonds is 5. The average Bonchev–Trinajstić information content (AvgIpc) is 3.12. The van der Waals surface area contributed by atoms with Gasteiger partial charge in [-0.2, -0.15) is 0 Å². The van der Waals surface area contributed by atoms with Crippen LogP contribution in [0, 0.1) is 0 Å². The second-order valence-corrected chi connectivity index (χ2v) is 6.62. The fraction of sp³-hybridized carbons (Fsp3) is 0.118. The summed E-state index contributed by atoms with van der Waals surface area (Å²) in [7, 11) is 0. The van der Waals surface area contributed by atoms with Crippen molar-refractivity contribution in [1.29, 1.82) is 0 Å². The molecule has 2 aromatic heterocycles. The first-order chi connectivity index (χ1) is 10.7. The Morgan fingerprint density at radius 3 is 2.95 bits per heavy atom. The molecule has 0 fully saturated rings. The molecular formula is C17H15ClN2OS. The number of hydrogen-bond donors (Lipinski definition) is 2. The molecule has 0 aliphatic rings. The molecule has 112 valence electrons. The third-order valence-corrected chi connectivity index (χ3v) is 4.56. The highest BCUT2D eigenvalue weighted by Gasteiger charge is 2.03. The zero-order chi connectivity index (χ0) is 15.4. The molecule has 22 heavy (non-hydrogen) atoms. The number of carbonyl (C=O) groups is 1. The van der Waals surface area contributed by atoms with Crippen molar-refractivity contribution in [2.24, 2.45) is 0 Å². The number of aromatic nitrogens is 1. The van der Waals surface area contributed by atoms with E-state index in [9.17, 15) is 4.79 Å². The van der Waals surface area contributed by atoms with Gasteiger partial charge >= 0.3 is 0 Å². The molecule has 2 N–H and O–H groups in total. The standard InChI is InChI=1S/C17H15ClN2OS/c18-16-7-5-13(22-16)6-8-17(21)19-10-9-12-11-20-15-4-2-1-3-14(12)15/h1-8,11,20H,9-10H2,(H,19,21)/b8-6+. The Bertz CT molecular complexity index is 819. The summed E-state index contributed by atoms with van der Waals surface area (Å²) >= 11 is 7.29. The van der Waals surface area contributed by atoms with E-state index in [1.54, 1.807) is 6.08 Å². The van der Waals surface area contributed by atoms with E-state index < -0.39 is 0 Å². The van der Waals surface area contributed by atoms with Crippen LogP contribution in [0.5, 0.6) is 0 Å². The molecular weight excluding hydrogens is 316 g/mol. The van der Waals surface area contributed by atoms with Crippen molar-refractivity contribution in [2.45, 2.75) is 6.42 Å². The highest BCUT2D eigenvalue weighted by molar-refractivity contribution is 7.17. The molecule has 2 heterocycles. The van der Waals surface area contributed by atoms with Crippen LogP contribution in [0.4, 0.5) is 0 Å². The molecule has 0 saturated heterocycles. The summed E-state index contributed by atoms with van der Waals surface area (Å²) in [5, 5.41) is 4.10.